The van der Waals surface area contributed by atoms with Gasteiger partial charge in [-0.3, -0.25) is 5.01 Å². The standard InChI is InChI=1S/C8H14N2/c1-5-7-8(3)9-10(4)6-2/h5-7H,2H2,1,3-4H3/b7-5-,9-8-. The maximum Gasteiger partial charge on any atom is 0.0575 e. The number of hydrazone groups is 1. The van der Waals surface area contributed by atoms with Crippen LogP contribution in [0, 0.1) is 0 Å². The van der Waals surface area contributed by atoms with E-state index in [1.165, 1.54) is 0 Å². The molecule has 0 aliphatic heterocycles. The second-order valence-electron chi connectivity index (χ2n) is 2.00. The van der Waals surface area contributed by atoms with Crippen molar-refractivity contribution in [2.24, 2.45) is 5.10 Å². The van der Waals surface area contributed by atoms with Crippen LogP contribution in [0.2, 0.25) is 0 Å². The minimum atomic E-state index is 0.977. The van der Waals surface area contributed by atoms with Gasteiger partial charge in [0.1, 0.15) is 0 Å². The summed E-state index contributed by atoms with van der Waals surface area (Å²) < 4.78 is 0. The van der Waals surface area contributed by atoms with Gasteiger partial charge in [-0.15, -0.1) is 0 Å². The number of hydrogen-bond donors (Lipinski definition) is 0. The van der Waals surface area contributed by atoms with Crippen LogP contribution in [0.25, 0.3) is 0 Å². The van der Waals surface area contributed by atoms with Crippen molar-refractivity contribution in [2.45, 2.75) is 13.8 Å². The van der Waals surface area contributed by atoms with E-state index in [2.05, 4.69) is 11.7 Å². The van der Waals surface area contributed by atoms with Gasteiger partial charge in [0.25, 0.3) is 0 Å². The van der Waals surface area contributed by atoms with Crippen molar-refractivity contribution in [3.63, 3.8) is 0 Å². The summed E-state index contributed by atoms with van der Waals surface area (Å²) in [5.74, 6) is 0. The SMILES string of the molecule is C=CN(C)/N=C(C)\C=C/C. The Kier molecular flexibility index (Phi) is 4.29. The summed E-state index contributed by atoms with van der Waals surface area (Å²) >= 11 is 0. The molecule has 0 spiro atoms. The van der Waals surface area contributed by atoms with Crippen LogP contribution in [0.4, 0.5) is 0 Å². The molecule has 0 saturated heterocycles. The largest absolute Gasteiger partial charge is 0.276 e. The molecule has 2 nitrogen and oxygen atoms in total. The third-order valence-electron chi connectivity index (χ3n) is 0.988. The molecule has 0 fully saturated rings. The Labute approximate surface area is 62.5 Å². The molecule has 0 rings (SSSR count). The molecular formula is C8H14N2. The second kappa shape index (κ2) is 4.79. The Morgan fingerprint density at radius 1 is 1.60 bits per heavy atom. The van der Waals surface area contributed by atoms with Crippen LogP contribution < -0.4 is 0 Å². The second-order valence-corrected chi connectivity index (χ2v) is 2.00. The van der Waals surface area contributed by atoms with E-state index in [1.807, 2.05) is 33.0 Å². The third kappa shape index (κ3) is 3.89. The summed E-state index contributed by atoms with van der Waals surface area (Å²) in [7, 11) is 1.85. The molecule has 0 N–H and O–H groups in total. The summed E-state index contributed by atoms with van der Waals surface area (Å²) in [5.41, 5.74) is 0.977. The monoisotopic (exact) mass is 138 g/mol. The van der Waals surface area contributed by atoms with E-state index in [4.69, 9.17) is 0 Å². The zero-order valence-electron chi connectivity index (χ0n) is 6.83. The van der Waals surface area contributed by atoms with Crippen LogP contribution in [0.15, 0.2) is 30.0 Å². The topological polar surface area (TPSA) is 15.6 Å². The van der Waals surface area contributed by atoms with Gasteiger partial charge in [-0.05, 0) is 19.9 Å². The molecule has 0 saturated carbocycles. The molecule has 0 radical (unpaired) electrons. The third-order valence-corrected chi connectivity index (χ3v) is 0.988. The van der Waals surface area contributed by atoms with Crippen LogP contribution in [-0.2, 0) is 0 Å². The van der Waals surface area contributed by atoms with E-state index < -0.39 is 0 Å². The van der Waals surface area contributed by atoms with E-state index in [0.717, 1.165) is 5.71 Å². The van der Waals surface area contributed by atoms with Gasteiger partial charge in [-0.1, -0.05) is 12.7 Å². The molecule has 0 amide bonds. The molecule has 0 heterocycles. The molecule has 0 unspecified atom stereocenters. The first kappa shape index (κ1) is 8.95. The summed E-state index contributed by atoms with van der Waals surface area (Å²) in [5, 5.41) is 5.81. The Balaban J connectivity index is 4.01. The van der Waals surface area contributed by atoms with Crippen LogP contribution in [-0.4, -0.2) is 17.8 Å². The highest BCUT2D eigenvalue weighted by Gasteiger charge is 1.83. The quantitative estimate of drug-likeness (QED) is 0.430. The smallest absolute Gasteiger partial charge is 0.0575 e. The molecule has 0 atom stereocenters. The molecule has 2 heteroatoms. The van der Waals surface area contributed by atoms with Crippen LogP contribution in [0.3, 0.4) is 0 Å². The normalized spacial score (nSPS) is 12.1. The molecule has 0 aromatic heterocycles. The lowest BCUT2D eigenvalue weighted by molar-refractivity contribution is 0.492. The van der Waals surface area contributed by atoms with Gasteiger partial charge in [0.2, 0.25) is 0 Å². The molecule has 0 bridgehead atoms. The highest BCUT2D eigenvalue weighted by molar-refractivity contribution is 5.92. The zero-order valence-corrected chi connectivity index (χ0v) is 6.83. The van der Waals surface area contributed by atoms with E-state index in [0.29, 0.717) is 0 Å². The Morgan fingerprint density at radius 2 is 2.20 bits per heavy atom. The lowest BCUT2D eigenvalue weighted by Gasteiger charge is -2.04. The van der Waals surface area contributed by atoms with Gasteiger partial charge in [0.15, 0.2) is 0 Å². The molecular weight excluding hydrogens is 124 g/mol. The zero-order chi connectivity index (χ0) is 7.98. The molecule has 10 heavy (non-hydrogen) atoms. The van der Waals surface area contributed by atoms with E-state index >= 15 is 0 Å². The van der Waals surface area contributed by atoms with Gasteiger partial charge < -0.3 is 0 Å². The number of nitrogens with zero attached hydrogens (tertiary/aromatic N) is 2. The van der Waals surface area contributed by atoms with Gasteiger partial charge in [-0.2, -0.15) is 5.10 Å². The van der Waals surface area contributed by atoms with Crippen molar-refractivity contribution < 1.29 is 0 Å². The van der Waals surface area contributed by atoms with Gasteiger partial charge in [0, 0.05) is 13.2 Å². The highest BCUT2D eigenvalue weighted by Crippen LogP contribution is 1.86. The average Bonchev–Trinajstić information content (AvgIpc) is 1.88. The van der Waals surface area contributed by atoms with Crippen molar-refractivity contribution >= 4 is 5.71 Å². The predicted octanol–water partition coefficient (Wildman–Crippen LogP) is 2.01. The summed E-state index contributed by atoms with van der Waals surface area (Å²) in [6, 6.07) is 0. The molecule has 0 aliphatic carbocycles. The Morgan fingerprint density at radius 3 is 2.60 bits per heavy atom. The van der Waals surface area contributed by atoms with Gasteiger partial charge in [0.05, 0.1) is 5.71 Å². The maximum absolute atomic E-state index is 4.13. The van der Waals surface area contributed by atoms with Crippen molar-refractivity contribution in [3.05, 3.63) is 24.9 Å². The highest BCUT2D eigenvalue weighted by atomic mass is 15.4. The molecule has 0 aromatic rings. The van der Waals surface area contributed by atoms with Crippen LogP contribution in [0.1, 0.15) is 13.8 Å². The fourth-order valence-corrected chi connectivity index (χ4v) is 0.564. The summed E-state index contributed by atoms with van der Waals surface area (Å²) in [4.78, 5) is 0. The van der Waals surface area contributed by atoms with E-state index in [1.54, 1.807) is 11.2 Å². The number of allylic oxidation sites excluding steroid dienone is 2. The maximum atomic E-state index is 4.13. The lowest BCUT2D eigenvalue weighted by Crippen LogP contribution is -2.02. The van der Waals surface area contributed by atoms with Crippen LogP contribution >= 0.6 is 0 Å². The Bertz CT molecular complexity index is 157. The van der Waals surface area contributed by atoms with E-state index in [9.17, 15) is 0 Å². The fourth-order valence-electron chi connectivity index (χ4n) is 0.564. The fraction of sp³-hybridized carbons (Fsp3) is 0.375. The molecule has 56 valence electrons. The average molecular weight is 138 g/mol. The van der Waals surface area contributed by atoms with Crippen molar-refractivity contribution in [3.8, 4) is 0 Å². The van der Waals surface area contributed by atoms with E-state index in [-0.39, 0.29) is 0 Å². The Hall–Kier alpha value is -1.05. The van der Waals surface area contributed by atoms with Gasteiger partial charge >= 0.3 is 0 Å². The van der Waals surface area contributed by atoms with Gasteiger partial charge in [-0.25, -0.2) is 0 Å². The minimum absolute atomic E-state index is 0.977. The first-order chi connectivity index (χ1) is 4.70. The minimum Gasteiger partial charge on any atom is -0.276 e. The summed E-state index contributed by atoms with van der Waals surface area (Å²) in [6.07, 6.45) is 5.56. The van der Waals surface area contributed by atoms with Crippen molar-refractivity contribution in [2.75, 3.05) is 7.05 Å². The predicted molar refractivity (Wildman–Crippen MR) is 45.9 cm³/mol. The lowest BCUT2D eigenvalue weighted by atomic mass is 10.4. The molecule has 0 aromatic carbocycles. The number of hydrogen-bond acceptors (Lipinski definition) is 2. The van der Waals surface area contributed by atoms with Crippen molar-refractivity contribution in [1.82, 2.24) is 5.01 Å². The first-order valence-electron chi connectivity index (χ1n) is 3.24. The first-order valence-corrected chi connectivity index (χ1v) is 3.24. The summed E-state index contributed by atoms with van der Waals surface area (Å²) in [6.45, 7) is 7.48. The molecule has 0 aliphatic rings. The number of rotatable bonds is 3. The van der Waals surface area contributed by atoms with Crippen LogP contribution in [0.5, 0.6) is 0 Å². The van der Waals surface area contributed by atoms with Crippen molar-refractivity contribution in [1.29, 1.82) is 0 Å².